The van der Waals surface area contributed by atoms with E-state index in [0.717, 1.165) is 44.3 Å². The van der Waals surface area contributed by atoms with Crippen LogP contribution in [-0.4, -0.2) is 58.8 Å². The second-order valence-electron chi connectivity index (χ2n) is 8.39. The van der Waals surface area contributed by atoms with Crippen molar-refractivity contribution in [2.45, 2.75) is 38.3 Å². The van der Waals surface area contributed by atoms with Gasteiger partial charge in [-0.25, -0.2) is 4.39 Å². The topological polar surface area (TPSA) is 65.5 Å². The predicted octanol–water partition coefficient (Wildman–Crippen LogP) is 2.85. The Morgan fingerprint density at radius 3 is 2.42 bits per heavy atom. The molecule has 2 fully saturated rings. The lowest BCUT2D eigenvalue weighted by Crippen LogP contribution is -2.50. The molecule has 0 saturated carbocycles. The number of aromatic nitrogens is 1. The average molecular weight is 425 g/mol. The van der Waals surface area contributed by atoms with Crippen LogP contribution >= 0.6 is 0 Å². The molecular formula is C24H29FN4O2. The third kappa shape index (κ3) is 5.28. The van der Waals surface area contributed by atoms with Crippen LogP contribution in [0.4, 0.5) is 4.39 Å². The van der Waals surface area contributed by atoms with E-state index in [-0.39, 0.29) is 23.3 Å². The fourth-order valence-corrected chi connectivity index (χ4v) is 4.60. The number of nitrogens with one attached hydrogen (secondary N) is 1. The first kappa shape index (κ1) is 21.4. The number of nitrogens with zero attached hydrogens (tertiary/aromatic N) is 3. The van der Waals surface area contributed by atoms with Crippen LogP contribution in [0.2, 0.25) is 0 Å². The van der Waals surface area contributed by atoms with Crippen molar-refractivity contribution in [3.8, 4) is 0 Å². The highest BCUT2D eigenvalue weighted by Gasteiger charge is 2.32. The summed E-state index contributed by atoms with van der Waals surface area (Å²) in [6, 6.07) is 10.4. The van der Waals surface area contributed by atoms with E-state index in [9.17, 15) is 14.0 Å². The van der Waals surface area contributed by atoms with Crippen molar-refractivity contribution in [1.82, 2.24) is 20.1 Å². The van der Waals surface area contributed by atoms with Crippen molar-refractivity contribution in [2.24, 2.45) is 5.92 Å². The van der Waals surface area contributed by atoms with E-state index in [1.807, 2.05) is 12.1 Å². The van der Waals surface area contributed by atoms with Crippen LogP contribution in [0.3, 0.4) is 0 Å². The minimum absolute atomic E-state index is 0.0515. The summed E-state index contributed by atoms with van der Waals surface area (Å²) in [5.41, 5.74) is 1.16. The molecule has 0 radical (unpaired) electrons. The number of benzene rings is 1. The summed E-state index contributed by atoms with van der Waals surface area (Å²) < 4.78 is 13.9. The second kappa shape index (κ2) is 10.0. The first-order chi connectivity index (χ1) is 15.1. The number of carbonyl (C=O) groups excluding carboxylic acids is 2. The maximum absolute atomic E-state index is 13.9. The third-order valence-corrected chi connectivity index (χ3v) is 6.46. The Kier molecular flexibility index (Phi) is 6.92. The molecule has 164 valence electrons. The lowest BCUT2D eigenvalue weighted by Gasteiger charge is -2.41. The molecule has 0 bridgehead atoms. The highest BCUT2D eigenvalue weighted by molar-refractivity contribution is 5.94. The fourth-order valence-electron chi connectivity index (χ4n) is 4.60. The first-order valence-corrected chi connectivity index (χ1v) is 11.1. The minimum atomic E-state index is -0.460. The molecule has 1 aromatic heterocycles. The van der Waals surface area contributed by atoms with Gasteiger partial charge in [0.2, 0.25) is 5.91 Å². The van der Waals surface area contributed by atoms with Crippen molar-refractivity contribution in [2.75, 3.05) is 26.2 Å². The Bertz CT molecular complexity index is 891. The molecule has 2 aliphatic heterocycles. The molecule has 2 amide bonds. The zero-order valence-corrected chi connectivity index (χ0v) is 17.7. The minimum Gasteiger partial charge on any atom is -0.352 e. The third-order valence-electron chi connectivity index (χ3n) is 6.46. The van der Waals surface area contributed by atoms with Gasteiger partial charge in [-0.05, 0) is 62.5 Å². The van der Waals surface area contributed by atoms with E-state index in [1.165, 1.54) is 6.07 Å². The number of hydrogen-bond acceptors (Lipinski definition) is 4. The highest BCUT2D eigenvalue weighted by Crippen LogP contribution is 2.25. The van der Waals surface area contributed by atoms with Crippen LogP contribution in [0.15, 0.2) is 48.8 Å². The number of halogens is 1. The van der Waals surface area contributed by atoms with Crippen molar-refractivity contribution < 1.29 is 14.0 Å². The molecule has 7 heteroatoms. The number of carbonyl (C=O) groups is 2. The maximum Gasteiger partial charge on any atom is 0.256 e. The molecule has 31 heavy (non-hydrogen) atoms. The molecule has 2 aliphatic rings. The van der Waals surface area contributed by atoms with Gasteiger partial charge < -0.3 is 15.1 Å². The largest absolute Gasteiger partial charge is 0.352 e. The molecule has 3 heterocycles. The number of piperidine rings is 2. The fraction of sp³-hybridized carbons (Fsp3) is 0.458. The normalized spacial score (nSPS) is 18.7. The lowest BCUT2D eigenvalue weighted by atomic mass is 9.92. The lowest BCUT2D eigenvalue weighted by molar-refractivity contribution is -0.126. The molecule has 1 N–H and O–H groups in total. The molecule has 0 aliphatic carbocycles. The summed E-state index contributed by atoms with van der Waals surface area (Å²) in [6.07, 6.45) is 6.98. The van der Waals surface area contributed by atoms with Gasteiger partial charge in [-0.1, -0.05) is 18.2 Å². The van der Waals surface area contributed by atoms with Gasteiger partial charge in [-0.2, -0.15) is 0 Å². The van der Waals surface area contributed by atoms with E-state index in [4.69, 9.17) is 0 Å². The molecule has 0 spiro atoms. The monoisotopic (exact) mass is 424 g/mol. The van der Waals surface area contributed by atoms with E-state index in [1.54, 1.807) is 35.5 Å². The summed E-state index contributed by atoms with van der Waals surface area (Å²) in [7, 11) is 0. The van der Waals surface area contributed by atoms with Gasteiger partial charge in [0.05, 0.1) is 5.56 Å². The van der Waals surface area contributed by atoms with Crippen LogP contribution in [0.5, 0.6) is 0 Å². The highest BCUT2D eigenvalue weighted by atomic mass is 19.1. The van der Waals surface area contributed by atoms with Crippen LogP contribution in [-0.2, 0) is 11.3 Å². The van der Waals surface area contributed by atoms with Crippen molar-refractivity contribution in [3.63, 3.8) is 0 Å². The predicted molar refractivity (Wildman–Crippen MR) is 116 cm³/mol. The Morgan fingerprint density at radius 2 is 1.74 bits per heavy atom. The zero-order chi connectivity index (χ0) is 21.6. The molecule has 0 atom stereocenters. The van der Waals surface area contributed by atoms with E-state index in [2.05, 4.69) is 15.2 Å². The smallest absolute Gasteiger partial charge is 0.256 e. The van der Waals surface area contributed by atoms with Crippen molar-refractivity contribution in [3.05, 3.63) is 65.7 Å². The van der Waals surface area contributed by atoms with Gasteiger partial charge in [-0.3, -0.25) is 14.6 Å². The van der Waals surface area contributed by atoms with Gasteiger partial charge >= 0.3 is 0 Å². The number of rotatable bonds is 5. The summed E-state index contributed by atoms with van der Waals surface area (Å²) in [5.74, 6) is -0.511. The van der Waals surface area contributed by atoms with Crippen LogP contribution in [0, 0.1) is 11.7 Å². The van der Waals surface area contributed by atoms with Gasteiger partial charge in [0, 0.05) is 44.0 Å². The van der Waals surface area contributed by atoms with Crippen LogP contribution in [0.1, 0.15) is 41.6 Å². The summed E-state index contributed by atoms with van der Waals surface area (Å²) in [6.45, 7) is 3.60. The summed E-state index contributed by atoms with van der Waals surface area (Å²) in [5, 5.41) is 3.03. The maximum atomic E-state index is 13.9. The molecule has 2 aromatic rings. The quantitative estimate of drug-likeness (QED) is 0.802. The van der Waals surface area contributed by atoms with E-state index < -0.39 is 5.82 Å². The molecular weight excluding hydrogens is 395 g/mol. The van der Waals surface area contributed by atoms with Crippen molar-refractivity contribution >= 4 is 11.8 Å². The Hall–Kier alpha value is -2.80. The van der Waals surface area contributed by atoms with Gasteiger partial charge in [-0.15, -0.1) is 0 Å². The van der Waals surface area contributed by atoms with E-state index in [0.29, 0.717) is 25.7 Å². The zero-order valence-electron chi connectivity index (χ0n) is 17.7. The van der Waals surface area contributed by atoms with Crippen LogP contribution in [0.25, 0.3) is 0 Å². The van der Waals surface area contributed by atoms with Crippen LogP contribution < -0.4 is 5.32 Å². The number of likely N-dealkylation sites (tertiary alicyclic amines) is 2. The molecule has 4 rings (SSSR count). The first-order valence-electron chi connectivity index (χ1n) is 11.1. The molecule has 6 nitrogen and oxygen atoms in total. The van der Waals surface area contributed by atoms with Gasteiger partial charge in [0.1, 0.15) is 5.82 Å². The standard InChI is InChI=1S/C24H29FN4O2/c25-22-6-2-1-5-21(22)24(31)29-14-9-20(10-15-29)28-12-7-19(8-13-28)23(30)27-17-18-4-3-11-26-16-18/h1-6,11,16,19-20H,7-10,12-15,17H2,(H,27,30). The Morgan fingerprint density at radius 1 is 1.00 bits per heavy atom. The van der Waals surface area contributed by atoms with E-state index >= 15 is 0 Å². The number of hydrogen-bond donors (Lipinski definition) is 1. The summed E-state index contributed by atoms with van der Waals surface area (Å²) >= 11 is 0. The SMILES string of the molecule is O=C(NCc1cccnc1)C1CCN(C2CCN(C(=O)c3ccccc3F)CC2)CC1. The van der Waals surface area contributed by atoms with Gasteiger partial charge in [0.25, 0.3) is 5.91 Å². The second-order valence-corrected chi connectivity index (χ2v) is 8.39. The molecule has 1 aromatic carbocycles. The summed E-state index contributed by atoms with van der Waals surface area (Å²) in [4.78, 5) is 33.4. The van der Waals surface area contributed by atoms with Gasteiger partial charge in [0.15, 0.2) is 0 Å². The molecule has 0 unspecified atom stereocenters. The number of pyridine rings is 1. The Labute approximate surface area is 182 Å². The van der Waals surface area contributed by atoms with Crippen molar-refractivity contribution in [1.29, 1.82) is 0 Å². The Balaban J connectivity index is 1.21. The molecule has 2 saturated heterocycles. The number of amides is 2. The average Bonchev–Trinajstić information content (AvgIpc) is 2.83.